The van der Waals surface area contributed by atoms with Gasteiger partial charge in [0.25, 0.3) is 0 Å². The highest BCUT2D eigenvalue weighted by atomic mass is 32.2. The fraction of sp³-hybridized carbons (Fsp3) is 0.538. The molecule has 20 heavy (non-hydrogen) atoms. The summed E-state index contributed by atoms with van der Waals surface area (Å²) in [5, 5.41) is 0. The molecule has 0 radical (unpaired) electrons. The van der Waals surface area contributed by atoms with Crippen LogP contribution in [-0.4, -0.2) is 40.2 Å². The van der Waals surface area contributed by atoms with Gasteiger partial charge in [-0.1, -0.05) is 12.1 Å². The van der Waals surface area contributed by atoms with Crippen LogP contribution in [0.25, 0.3) is 0 Å². The van der Waals surface area contributed by atoms with Gasteiger partial charge < -0.3 is 4.74 Å². The highest BCUT2D eigenvalue weighted by molar-refractivity contribution is 7.98. The summed E-state index contributed by atoms with van der Waals surface area (Å²) in [6, 6.07) is 5.44. The van der Waals surface area contributed by atoms with Gasteiger partial charge in [-0.2, -0.15) is 11.8 Å². The van der Waals surface area contributed by atoms with Crippen LogP contribution in [-0.2, 0) is 20.5 Å². The first-order chi connectivity index (χ1) is 9.46. The second-order valence-electron chi connectivity index (χ2n) is 4.37. The number of ether oxygens (including phenoxy) is 1. The van der Waals surface area contributed by atoms with Crippen LogP contribution in [0.1, 0.15) is 12.0 Å². The van der Waals surface area contributed by atoms with Gasteiger partial charge in [-0.15, -0.1) is 0 Å². The number of hydrogen-bond acceptors (Lipinski definition) is 4. The summed E-state index contributed by atoms with van der Waals surface area (Å²) in [6.45, 7) is 0.251. The van der Waals surface area contributed by atoms with E-state index in [0.717, 1.165) is 12.2 Å². The third-order valence-corrected chi connectivity index (χ3v) is 4.74. The maximum absolute atomic E-state index is 12.8. The second kappa shape index (κ2) is 8.61. The normalized spacial score (nSPS) is 13.3. The molecule has 0 aliphatic heterocycles. The Morgan fingerprint density at radius 3 is 2.55 bits per heavy atom. The molecule has 1 aromatic carbocycles. The molecule has 0 bridgehead atoms. The van der Waals surface area contributed by atoms with E-state index in [1.54, 1.807) is 18.9 Å². The van der Waals surface area contributed by atoms with Crippen LogP contribution in [0.4, 0.5) is 4.39 Å². The molecule has 0 aliphatic rings. The molecule has 0 fully saturated rings. The molecule has 1 N–H and O–H groups in total. The topological polar surface area (TPSA) is 55.4 Å². The number of benzene rings is 1. The minimum Gasteiger partial charge on any atom is -0.380 e. The molecule has 0 aliphatic carbocycles. The molecule has 0 saturated heterocycles. The minimum atomic E-state index is -3.44. The van der Waals surface area contributed by atoms with Gasteiger partial charge in [-0.05, 0) is 36.1 Å². The SMILES string of the molecule is COC(CCSC)CNS(=O)(=O)Cc1ccc(F)cc1. The van der Waals surface area contributed by atoms with Gasteiger partial charge in [0.2, 0.25) is 10.0 Å². The Hall–Kier alpha value is -0.630. The number of thioether (sulfide) groups is 1. The Labute approximate surface area is 124 Å². The molecule has 7 heteroatoms. The maximum Gasteiger partial charge on any atom is 0.215 e. The van der Waals surface area contributed by atoms with Crippen LogP contribution in [0.2, 0.25) is 0 Å². The second-order valence-corrected chi connectivity index (χ2v) is 7.17. The average molecular weight is 321 g/mol. The van der Waals surface area contributed by atoms with E-state index in [2.05, 4.69) is 4.72 Å². The van der Waals surface area contributed by atoms with Crippen molar-refractivity contribution in [2.75, 3.05) is 25.7 Å². The van der Waals surface area contributed by atoms with Crippen LogP contribution in [0.15, 0.2) is 24.3 Å². The Morgan fingerprint density at radius 1 is 1.35 bits per heavy atom. The first-order valence-electron chi connectivity index (χ1n) is 6.20. The van der Waals surface area contributed by atoms with E-state index >= 15 is 0 Å². The molecule has 1 rings (SSSR count). The Balaban J connectivity index is 2.50. The van der Waals surface area contributed by atoms with E-state index in [4.69, 9.17) is 4.74 Å². The Kier molecular flexibility index (Phi) is 7.50. The van der Waals surface area contributed by atoms with Crippen LogP contribution < -0.4 is 4.72 Å². The smallest absolute Gasteiger partial charge is 0.215 e. The van der Waals surface area contributed by atoms with E-state index < -0.39 is 10.0 Å². The number of nitrogens with one attached hydrogen (secondary N) is 1. The zero-order valence-corrected chi connectivity index (χ0v) is 13.3. The van der Waals surface area contributed by atoms with Crippen LogP contribution in [0.5, 0.6) is 0 Å². The van der Waals surface area contributed by atoms with Gasteiger partial charge in [0, 0.05) is 13.7 Å². The fourth-order valence-electron chi connectivity index (χ4n) is 1.62. The first-order valence-corrected chi connectivity index (χ1v) is 9.25. The monoisotopic (exact) mass is 321 g/mol. The molecule has 4 nitrogen and oxygen atoms in total. The number of halogens is 1. The van der Waals surface area contributed by atoms with Crippen molar-refractivity contribution in [3.05, 3.63) is 35.6 Å². The van der Waals surface area contributed by atoms with Gasteiger partial charge in [0.05, 0.1) is 11.9 Å². The van der Waals surface area contributed by atoms with Gasteiger partial charge in [0.1, 0.15) is 5.82 Å². The van der Waals surface area contributed by atoms with Crippen molar-refractivity contribution in [3.8, 4) is 0 Å². The highest BCUT2D eigenvalue weighted by Gasteiger charge is 2.15. The van der Waals surface area contributed by atoms with Crippen molar-refractivity contribution in [1.82, 2.24) is 4.72 Å². The number of rotatable bonds is 9. The lowest BCUT2D eigenvalue weighted by Crippen LogP contribution is -2.34. The van der Waals surface area contributed by atoms with Crippen LogP contribution >= 0.6 is 11.8 Å². The fourth-order valence-corrected chi connectivity index (χ4v) is 3.30. The third-order valence-electron chi connectivity index (χ3n) is 2.78. The molecule has 0 aromatic heterocycles. The summed E-state index contributed by atoms with van der Waals surface area (Å²) in [7, 11) is -1.87. The van der Waals surface area contributed by atoms with Crippen molar-refractivity contribution in [2.24, 2.45) is 0 Å². The van der Waals surface area contributed by atoms with Crippen LogP contribution in [0, 0.1) is 5.82 Å². The Bertz CT molecular complexity index is 491. The van der Waals surface area contributed by atoms with Crippen molar-refractivity contribution in [1.29, 1.82) is 0 Å². The quantitative estimate of drug-likeness (QED) is 0.756. The summed E-state index contributed by atoms with van der Waals surface area (Å²) < 4.78 is 44.3. The lowest BCUT2D eigenvalue weighted by Gasteiger charge is -2.15. The molecule has 1 unspecified atom stereocenters. The number of sulfonamides is 1. The predicted octanol–water partition coefficient (Wildman–Crippen LogP) is 2.01. The zero-order valence-electron chi connectivity index (χ0n) is 11.6. The van der Waals surface area contributed by atoms with Gasteiger partial charge in [-0.25, -0.2) is 17.5 Å². The average Bonchev–Trinajstić information content (AvgIpc) is 2.41. The largest absolute Gasteiger partial charge is 0.380 e. The predicted molar refractivity (Wildman–Crippen MR) is 80.8 cm³/mol. The van der Waals surface area contributed by atoms with Gasteiger partial charge in [0.15, 0.2) is 0 Å². The summed E-state index contributed by atoms with van der Waals surface area (Å²) in [4.78, 5) is 0. The van der Waals surface area contributed by atoms with Crippen molar-refractivity contribution < 1.29 is 17.5 Å². The molecule has 1 aromatic rings. The molecular weight excluding hydrogens is 301 g/mol. The first kappa shape index (κ1) is 17.4. The lowest BCUT2D eigenvalue weighted by atomic mass is 10.2. The van der Waals surface area contributed by atoms with E-state index in [0.29, 0.717) is 5.56 Å². The van der Waals surface area contributed by atoms with E-state index in [1.807, 2.05) is 6.26 Å². The summed E-state index contributed by atoms with van der Waals surface area (Å²) in [6.07, 6.45) is 2.65. The molecule has 114 valence electrons. The van der Waals surface area contributed by atoms with E-state index in [-0.39, 0.29) is 24.2 Å². The van der Waals surface area contributed by atoms with Crippen molar-refractivity contribution >= 4 is 21.8 Å². The third kappa shape index (κ3) is 6.69. The Morgan fingerprint density at radius 2 is 2.00 bits per heavy atom. The molecule has 0 amide bonds. The molecule has 0 heterocycles. The minimum absolute atomic E-state index is 0.134. The molecule has 0 spiro atoms. The zero-order chi connectivity index (χ0) is 15.0. The van der Waals surface area contributed by atoms with E-state index in [9.17, 15) is 12.8 Å². The van der Waals surface area contributed by atoms with Gasteiger partial charge in [-0.3, -0.25) is 0 Å². The van der Waals surface area contributed by atoms with Gasteiger partial charge >= 0.3 is 0 Å². The summed E-state index contributed by atoms with van der Waals surface area (Å²) >= 11 is 1.69. The van der Waals surface area contributed by atoms with Crippen molar-refractivity contribution in [3.63, 3.8) is 0 Å². The van der Waals surface area contributed by atoms with E-state index in [1.165, 1.54) is 24.3 Å². The summed E-state index contributed by atoms with van der Waals surface area (Å²) in [5.74, 6) is 0.375. The maximum atomic E-state index is 12.8. The lowest BCUT2D eigenvalue weighted by molar-refractivity contribution is 0.104. The molecule has 0 saturated carbocycles. The van der Waals surface area contributed by atoms with Crippen LogP contribution in [0.3, 0.4) is 0 Å². The molecule has 1 atom stereocenters. The number of hydrogen-bond donors (Lipinski definition) is 1. The highest BCUT2D eigenvalue weighted by Crippen LogP contribution is 2.08. The molecular formula is C13H20FNO3S2. The standard InChI is InChI=1S/C13H20FNO3S2/c1-18-13(7-8-19-2)9-15-20(16,17)10-11-3-5-12(14)6-4-11/h3-6,13,15H,7-10H2,1-2H3. The summed E-state index contributed by atoms with van der Waals surface area (Å²) in [5.41, 5.74) is 0.553. The van der Waals surface area contributed by atoms with Crippen molar-refractivity contribution in [2.45, 2.75) is 18.3 Å². The number of methoxy groups -OCH3 is 1.